The van der Waals surface area contributed by atoms with Crippen LogP contribution in [0.1, 0.15) is 35.1 Å². The molecule has 0 aliphatic carbocycles. The van der Waals surface area contributed by atoms with E-state index in [4.69, 9.17) is 4.74 Å². The lowest BCUT2D eigenvalue weighted by atomic mass is 9.95. The Hall–Kier alpha value is -3.58. The predicted octanol–water partition coefficient (Wildman–Crippen LogP) is 5.38. The second kappa shape index (κ2) is 9.11. The van der Waals surface area contributed by atoms with Crippen molar-refractivity contribution in [3.05, 3.63) is 87.8 Å². The molecule has 0 saturated heterocycles. The molecule has 170 valence electrons. The van der Waals surface area contributed by atoms with Gasteiger partial charge in [-0.15, -0.1) is 11.3 Å². The number of anilines is 2. The van der Waals surface area contributed by atoms with Crippen LogP contribution < -0.4 is 14.5 Å². The molecule has 6 nitrogen and oxygen atoms in total. The molecular formula is C26H26N2O4S. The summed E-state index contributed by atoms with van der Waals surface area (Å²) in [6.45, 7) is 3.89. The van der Waals surface area contributed by atoms with Gasteiger partial charge in [0.15, 0.2) is 5.76 Å². The Bertz CT molecular complexity index is 1180. The molecule has 1 unspecified atom stereocenters. The number of benzene rings is 2. The van der Waals surface area contributed by atoms with E-state index in [1.54, 1.807) is 17.5 Å². The Balaban J connectivity index is 1.80. The van der Waals surface area contributed by atoms with Gasteiger partial charge in [-0.2, -0.15) is 0 Å². The topological polar surface area (TPSA) is 70.1 Å². The Morgan fingerprint density at radius 3 is 2.27 bits per heavy atom. The summed E-state index contributed by atoms with van der Waals surface area (Å²) in [5.41, 5.74) is 2.36. The molecule has 33 heavy (non-hydrogen) atoms. The lowest BCUT2D eigenvalue weighted by Gasteiger charge is -2.27. The number of amides is 1. The van der Waals surface area contributed by atoms with Gasteiger partial charge in [-0.1, -0.05) is 18.2 Å². The number of ketones is 1. The quantitative estimate of drug-likeness (QED) is 0.477. The zero-order chi connectivity index (χ0) is 23.7. The summed E-state index contributed by atoms with van der Waals surface area (Å²) in [6, 6.07) is 17.4. The van der Waals surface area contributed by atoms with Gasteiger partial charge in [-0.25, -0.2) is 0 Å². The number of thiophene rings is 1. The molecule has 0 radical (unpaired) electrons. The summed E-state index contributed by atoms with van der Waals surface area (Å²) in [6.07, 6.45) is 0.0236. The van der Waals surface area contributed by atoms with Crippen LogP contribution in [0.2, 0.25) is 0 Å². The standard InChI is InChI=1S/C26H26N2O4S/c1-16(2)32-20-13-7-17(8-14-20)23-22(24(29)21-6-5-15-33-21)25(30)26(31)28(23)19-11-9-18(10-12-19)27(3)4/h5-16,23,30H,1-4H3. The van der Waals surface area contributed by atoms with Crippen molar-refractivity contribution in [1.29, 1.82) is 0 Å². The van der Waals surface area contributed by atoms with E-state index < -0.39 is 17.7 Å². The summed E-state index contributed by atoms with van der Waals surface area (Å²) in [4.78, 5) is 30.5. The summed E-state index contributed by atoms with van der Waals surface area (Å²) in [5, 5.41) is 12.6. The number of nitrogens with zero attached hydrogens (tertiary/aromatic N) is 2. The molecule has 0 bridgehead atoms. The van der Waals surface area contributed by atoms with Crippen LogP contribution in [0.25, 0.3) is 0 Å². The largest absolute Gasteiger partial charge is 0.503 e. The van der Waals surface area contributed by atoms with Crippen LogP contribution in [0.15, 0.2) is 77.4 Å². The van der Waals surface area contributed by atoms with Crippen molar-refractivity contribution >= 4 is 34.4 Å². The number of Topliss-reactive ketones (excluding diaryl/α,β-unsaturated/α-hetero) is 1. The van der Waals surface area contributed by atoms with Crippen molar-refractivity contribution in [3.63, 3.8) is 0 Å². The van der Waals surface area contributed by atoms with E-state index in [1.165, 1.54) is 16.2 Å². The van der Waals surface area contributed by atoms with Crippen LogP contribution in [0.4, 0.5) is 11.4 Å². The monoisotopic (exact) mass is 462 g/mol. The van der Waals surface area contributed by atoms with E-state index in [1.807, 2.05) is 81.4 Å². The van der Waals surface area contributed by atoms with Gasteiger partial charge in [0.25, 0.3) is 5.91 Å². The number of aliphatic hydroxyl groups is 1. The minimum Gasteiger partial charge on any atom is -0.503 e. The minimum absolute atomic E-state index is 0.0236. The minimum atomic E-state index is -0.759. The fourth-order valence-electron chi connectivity index (χ4n) is 3.87. The third-order valence-electron chi connectivity index (χ3n) is 5.41. The number of carbonyl (C=O) groups is 2. The molecule has 4 rings (SSSR count). The normalized spacial score (nSPS) is 16.0. The van der Waals surface area contributed by atoms with E-state index in [0.717, 1.165) is 5.69 Å². The third-order valence-corrected chi connectivity index (χ3v) is 6.28. The van der Waals surface area contributed by atoms with Crippen LogP contribution >= 0.6 is 11.3 Å². The first-order chi connectivity index (χ1) is 15.8. The van der Waals surface area contributed by atoms with Crippen molar-refractivity contribution in [2.24, 2.45) is 0 Å². The second-order valence-electron chi connectivity index (χ2n) is 8.29. The molecule has 1 aliphatic rings. The Kier molecular flexibility index (Phi) is 6.24. The fourth-order valence-corrected chi connectivity index (χ4v) is 4.55. The zero-order valence-corrected chi connectivity index (χ0v) is 19.8. The van der Waals surface area contributed by atoms with Gasteiger partial charge in [0, 0.05) is 25.5 Å². The number of hydrogen-bond donors (Lipinski definition) is 1. The molecule has 1 aliphatic heterocycles. The van der Waals surface area contributed by atoms with Gasteiger partial charge in [-0.3, -0.25) is 14.5 Å². The lowest BCUT2D eigenvalue weighted by molar-refractivity contribution is -0.117. The first-order valence-corrected chi connectivity index (χ1v) is 11.5. The van der Waals surface area contributed by atoms with Gasteiger partial charge >= 0.3 is 0 Å². The highest BCUT2D eigenvalue weighted by atomic mass is 32.1. The molecule has 3 aromatic rings. The summed E-state index contributed by atoms with van der Waals surface area (Å²) >= 11 is 1.28. The average Bonchev–Trinajstić information content (AvgIpc) is 3.41. The zero-order valence-electron chi connectivity index (χ0n) is 19.0. The maximum Gasteiger partial charge on any atom is 0.294 e. The van der Waals surface area contributed by atoms with Gasteiger partial charge < -0.3 is 14.7 Å². The lowest BCUT2D eigenvalue weighted by Crippen LogP contribution is -2.31. The molecule has 1 N–H and O–H groups in total. The van der Waals surface area contributed by atoms with Crippen molar-refractivity contribution in [1.82, 2.24) is 0 Å². The first-order valence-electron chi connectivity index (χ1n) is 10.7. The van der Waals surface area contributed by atoms with E-state index in [0.29, 0.717) is 21.9 Å². The SMILES string of the molecule is CC(C)Oc1ccc(C2C(C(=O)c3cccs3)=C(O)C(=O)N2c2ccc(N(C)C)cc2)cc1. The molecule has 7 heteroatoms. The molecule has 2 heterocycles. The summed E-state index contributed by atoms with van der Waals surface area (Å²) in [5.74, 6) is -0.771. The van der Waals surface area contributed by atoms with Crippen molar-refractivity contribution in [2.75, 3.05) is 23.9 Å². The molecule has 1 atom stereocenters. The predicted molar refractivity (Wildman–Crippen MR) is 132 cm³/mol. The smallest absolute Gasteiger partial charge is 0.294 e. The molecule has 0 saturated carbocycles. The molecule has 1 amide bonds. The van der Waals surface area contributed by atoms with Crippen LogP contribution in [0, 0.1) is 0 Å². The van der Waals surface area contributed by atoms with E-state index >= 15 is 0 Å². The van der Waals surface area contributed by atoms with Crippen molar-refractivity contribution in [3.8, 4) is 5.75 Å². The van der Waals surface area contributed by atoms with Gasteiger partial charge in [0.05, 0.1) is 22.6 Å². The van der Waals surface area contributed by atoms with E-state index in [9.17, 15) is 14.7 Å². The Morgan fingerprint density at radius 2 is 1.73 bits per heavy atom. The van der Waals surface area contributed by atoms with Crippen LogP contribution in [0.3, 0.4) is 0 Å². The Morgan fingerprint density at radius 1 is 1.06 bits per heavy atom. The number of aliphatic hydroxyl groups excluding tert-OH is 1. The Labute approximate surface area is 197 Å². The highest BCUT2D eigenvalue weighted by molar-refractivity contribution is 7.12. The molecule has 0 fully saturated rings. The van der Waals surface area contributed by atoms with Crippen LogP contribution in [-0.4, -0.2) is 37.0 Å². The number of hydrogen-bond acceptors (Lipinski definition) is 6. The van der Waals surface area contributed by atoms with Gasteiger partial charge in [0.2, 0.25) is 5.78 Å². The van der Waals surface area contributed by atoms with E-state index in [2.05, 4.69) is 0 Å². The summed E-state index contributed by atoms with van der Waals surface area (Å²) < 4.78 is 5.74. The highest BCUT2D eigenvalue weighted by Gasteiger charge is 2.44. The third kappa shape index (κ3) is 4.36. The van der Waals surface area contributed by atoms with E-state index in [-0.39, 0.29) is 17.5 Å². The van der Waals surface area contributed by atoms with Crippen molar-refractivity contribution in [2.45, 2.75) is 26.0 Å². The summed E-state index contributed by atoms with van der Waals surface area (Å²) in [7, 11) is 3.87. The molecule has 0 spiro atoms. The van der Waals surface area contributed by atoms with Gasteiger partial charge in [0.1, 0.15) is 5.75 Å². The number of carbonyl (C=O) groups excluding carboxylic acids is 2. The average molecular weight is 463 g/mol. The maximum absolute atomic E-state index is 13.4. The van der Waals surface area contributed by atoms with Crippen LogP contribution in [0.5, 0.6) is 5.75 Å². The maximum atomic E-state index is 13.4. The number of rotatable bonds is 7. The fraction of sp³-hybridized carbons (Fsp3) is 0.231. The highest BCUT2D eigenvalue weighted by Crippen LogP contribution is 2.43. The van der Waals surface area contributed by atoms with Gasteiger partial charge in [-0.05, 0) is 67.3 Å². The van der Waals surface area contributed by atoms with Crippen LogP contribution in [-0.2, 0) is 4.79 Å². The second-order valence-corrected chi connectivity index (χ2v) is 9.24. The van der Waals surface area contributed by atoms with Crippen molar-refractivity contribution < 1.29 is 19.4 Å². The molecule has 2 aromatic carbocycles. The first kappa shape index (κ1) is 22.6. The molecule has 1 aromatic heterocycles. The molecular weight excluding hydrogens is 436 g/mol. The number of ether oxygens (including phenoxy) is 1.